The molecule has 0 aromatic carbocycles. The third kappa shape index (κ3) is 3.57. The van der Waals surface area contributed by atoms with Gasteiger partial charge in [-0.3, -0.25) is 0 Å². The zero-order chi connectivity index (χ0) is 14.8. The molecule has 0 aliphatic rings. The molecule has 2 unspecified atom stereocenters. The lowest BCUT2D eigenvalue weighted by atomic mass is 10.0. The van der Waals surface area contributed by atoms with Crippen molar-refractivity contribution in [1.29, 1.82) is 0 Å². The van der Waals surface area contributed by atoms with Gasteiger partial charge in [-0.2, -0.15) is 0 Å². The average molecular weight is 288 g/mol. The summed E-state index contributed by atoms with van der Waals surface area (Å²) in [5.41, 5.74) is -0.0587. The van der Waals surface area contributed by atoms with Crippen molar-refractivity contribution in [3.63, 3.8) is 0 Å². The predicted molar refractivity (Wildman–Crippen MR) is 71.6 cm³/mol. The second-order valence-electron chi connectivity index (χ2n) is 4.77. The van der Waals surface area contributed by atoms with Gasteiger partial charge >= 0.3 is 5.97 Å². The molecule has 108 valence electrons. The van der Waals surface area contributed by atoms with E-state index in [0.717, 1.165) is 12.5 Å². The Morgan fingerprint density at radius 3 is 2.47 bits per heavy atom. The molecule has 1 heterocycles. The maximum atomic E-state index is 12.1. The van der Waals surface area contributed by atoms with Crippen LogP contribution in [0.1, 0.15) is 37.7 Å². The first-order valence-electron chi connectivity index (χ1n) is 6.11. The smallest absolute Gasteiger partial charge is 0.352 e. The topological polar surface area (TPSA) is 88.4 Å². The Bertz CT molecular complexity index is 562. The van der Waals surface area contributed by atoms with Crippen molar-refractivity contribution in [2.75, 3.05) is 0 Å². The van der Waals surface area contributed by atoms with Crippen LogP contribution in [-0.4, -0.2) is 30.1 Å². The zero-order valence-electron chi connectivity index (χ0n) is 11.5. The molecule has 0 fully saturated rings. The second-order valence-corrected chi connectivity index (χ2v) is 6.49. The lowest BCUT2D eigenvalue weighted by Crippen LogP contribution is -2.36. The lowest BCUT2D eigenvalue weighted by Gasteiger charge is -2.19. The number of hydrogen-bond acceptors (Lipinski definition) is 3. The molecule has 6 nitrogen and oxygen atoms in total. The van der Waals surface area contributed by atoms with Crippen LogP contribution in [0.3, 0.4) is 0 Å². The van der Waals surface area contributed by atoms with Gasteiger partial charge in [0.25, 0.3) is 0 Å². The Morgan fingerprint density at radius 1 is 1.47 bits per heavy atom. The molecule has 0 aliphatic carbocycles. The van der Waals surface area contributed by atoms with E-state index in [1.807, 2.05) is 13.8 Å². The standard InChI is InChI=1S/C12H20N2O4S/c1-5-8(2)9(3)13-19(17,18)10-6-11(12(15)16)14(4)7-10/h6-9,13H,5H2,1-4H3,(H,15,16). The molecule has 0 aliphatic heterocycles. The van der Waals surface area contributed by atoms with Crippen LogP contribution in [0.15, 0.2) is 17.2 Å². The highest BCUT2D eigenvalue weighted by Gasteiger charge is 2.23. The van der Waals surface area contributed by atoms with Crippen molar-refractivity contribution < 1.29 is 18.3 Å². The molecular weight excluding hydrogens is 268 g/mol. The molecule has 1 aromatic heterocycles. The van der Waals surface area contributed by atoms with Crippen LogP contribution in [0, 0.1) is 5.92 Å². The number of aromatic nitrogens is 1. The summed E-state index contributed by atoms with van der Waals surface area (Å²) in [5, 5.41) is 8.92. The largest absolute Gasteiger partial charge is 0.477 e. The molecule has 0 radical (unpaired) electrons. The second kappa shape index (κ2) is 5.75. The number of aromatic carboxylic acids is 1. The van der Waals surface area contributed by atoms with E-state index in [0.29, 0.717) is 0 Å². The number of carbonyl (C=O) groups is 1. The number of nitrogens with one attached hydrogen (secondary N) is 1. The summed E-state index contributed by atoms with van der Waals surface area (Å²) < 4.78 is 28.1. The maximum absolute atomic E-state index is 12.1. The summed E-state index contributed by atoms with van der Waals surface area (Å²) in [6.45, 7) is 5.74. The molecule has 1 rings (SSSR count). The Labute approximate surface area is 113 Å². The van der Waals surface area contributed by atoms with Gasteiger partial charge in [-0.05, 0) is 18.9 Å². The Morgan fingerprint density at radius 2 is 2.05 bits per heavy atom. The van der Waals surface area contributed by atoms with Crippen molar-refractivity contribution in [3.8, 4) is 0 Å². The molecule has 1 aromatic rings. The summed E-state index contributed by atoms with van der Waals surface area (Å²) in [4.78, 5) is 10.9. The van der Waals surface area contributed by atoms with Gasteiger partial charge in [-0.15, -0.1) is 0 Å². The fourth-order valence-electron chi connectivity index (χ4n) is 1.68. The number of sulfonamides is 1. The van der Waals surface area contributed by atoms with Crippen LogP contribution in [-0.2, 0) is 17.1 Å². The Balaban J connectivity index is 3.01. The lowest BCUT2D eigenvalue weighted by molar-refractivity contribution is 0.0686. The minimum absolute atomic E-state index is 0.0254. The molecule has 7 heteroatoms. The molecule has 0 saturated carbocycles. The number of nitrogens with zero attached hydrogens (tertiary/aromatic N) is 1. The van der Waals surface area contributed by atoms with Crippen LogP contribution in [0.2, 0.25) is 0 Å². The fraction of sp³-hybridized carbons (Fsp3) is 0.583. The Kier molecular flexibility index (Phi) is 4.75. The Hall–Kier alpha value is -1.34. The quantitative estimate of drug-likeness (QED) is 0.829. The van der Waals surface area contributed by atoms with Gasteiger partial charge in [-0.25, -0.2) is 17.9 Å². The molecule has 2 atom stereocenters. The molecule has 0 bridgehead atoms. The van der Waals surface area contributed by atoms with Gasteiger partial charge in [0.2, 0.25) is 10.0 Å². The van der Waals surface area contributed by atoms with Crippen LogP contribution in [0.4, 0.5) is 0 Å². The normalized spacial score (nSPS) is 15.2. The zero-order valence-corrected chi connectivity index (χ0v) is 12.4. The third-order valence-electron chi connectivity index (χ3n) is 3.35. The van der Waals surface area contributed by atoms with Gasteiger partial charge in [-0.1, -0.05) is 20.3 Å². The van der Waals surface area contributed by atoms with Gasteiger partial charge in [0, 0.05) is 19.3 Å². The first kappa shape index (κ1) is 15.7. The number of aryl methyl sites for hydroxylation is 1. The highest BCUT2D eigenvalue weighted by molar-refractivity contribution is 7.89. The van der Waals surface area contributed by atoms with Crippen LogP contribution in [0.25, 0.3) is 0 Å². The van der Waals surface area contributed by atoms with E-state index in [2.05, 4.69) is 4.72 Å². The first-order valence-corrected chi connectivity index (χ1v) is 7.59. The summed E-state index contributed by atoms with van der Waals surface area (Å²) in [6.07, 6.45) is 2.16. The SMILES string of the molecule is CCC(C)C(C)NS(=O)(=O)c1cc(C(=O)O)n(C)c1. The number of hydrogen-bond donors (Lipinski definition) is 2. The maximum Gasteiger partial charge on any atom is 0.352 e. The number of rotatable bonds is 6. The molecule has 19 heavy (non-hydrogen) atoms. The van der Waals surface area contributed by atoms with Crippen molar-refractivity contribution in [2.24, 2.45) is 13.0 Å². The van der Waals surface area contributed by atoms with Crippen LogP contribution >= 0.6 is 0 Å². The minimum atomic E-state index is -3.68. The molecule has 0 spiro atoms. The van der Waals surface area contributed by atoms with Crippen molar-refractivity contribution >= 4 is 16.0 Å². The molecule has 0 amide bonds. The van der Waals surface area contributed by atoms with E-state index in [1.54, 1.807) is 6.92 Å². The number of carboxylic acids is 1. The highest BCUT2D eigenvalue weighted by atomic mass is 32.2. The summed E-state index contributed by atoms with van der Waals surface area (Å²) in [7, 11) is -2.18. The summed E-state index contributed by atoms with van der Waals surface area (Å²) >= 11 is 0. The van der Waals surface area contributed by atoms with Gasteiger partial charge in [0.05, 0.1) is 0 Å². The van der Waals surface area contributed by atoms with E-state index >= 15 is 0 Å². The third-order valence-corrected chi connectivity index (χ3v) is 4.87. The van der Waals surface area contributed by atoms with Crippen LogP contribution < -0.4 is 4.72 Å². The van der Waals surface area contributed by atoms with Crippen molar-refractivity contribution in [2.45, 2.75) is 38.1 Å². The molecule has 0 saturated heterocycles. The van der Waals surface area contributed by atoms with Crippen molar-refractivity contribution in [1.82, 2.24) is 9.29 Å². The molecular formula is C12H20N2O4S. The monoisotopic (exact) mass is 288 g/mol. The first-order chi connectivity index (χ1) is 8.69. The number of carboxylic acid groups (broad SMARTS) is 1. The van der Waals surface area contributed by atoms with Crippen molar-refractivity contribution in [3.05, 3.63) is 18.0 Å². The van der Waals surface area contributed by atoms with E-state index in [1.165, 1.54) is 17.8 Å². The van der Waals surface area contributed by atoms with E-state index in [9.17, 15) is 13.2 Å². The van der Waals surface area contributed by atoms with Gasteiger partial charge < -0.3 is 9.67 Å². The summed E-state index contributed by atoms with van der Waals surface area (Å²) in [5.74, 6) is -0.948. The van der Waals surface area contributed by atoms with Crippen LogP contribution in [0.5, 0.6) is 0 Å². The van der Waals surface area contributed by atoms with E-state index in [4.69, 9.17) is 5.11 Å². The highest BCUT2D eigenvalue weighted by Crippen LogP contribution is 2.16. The summed E-state index contributed by atoms with van der Waals surface area (Å²) in [6, 6.07) is 0.956. The minimum Gasteiger partial charge on any atom is -0.477 e. The molecule has 2 N–H and O–H groups in total. The fourth-order valence-corrected chi connectivity index (χ4v) is 3.10. The van der Waals surface area contributed by atoms with Gasteiger partial charge in [0.15, 0.2) is 0 Å². The average Bonchev–Trinajstić information content (AvgIpc) is 2.70. The van der Waals surface area contributed by atoms with E-state index in [-0.39, 0.29) is 22.5 Å². The van der Waals surface area contributed by atoms with Gasteiger partial charge in [0.1, 0.15) is 10.6 Å². The predicted octanol–water partition coefficient (Wildman–Crippen LogP) is 1.44. The van der Waals surface area contributed by atoms with E-state index < -0.39 is 16.0 Å².